The number of ether oxygens (including phenoxy) is 1. The second-order valence-electron chi connectivity index (χ2n) is 7.71. The fourth-order valence-electron chi connectivity index (χ4n) is 3.86. The van der Waals surface area contributed by atoms with E-state index < -0.39 is 0 Å². The van der Waals surface area contributed by atoms with Gasteiger partial charge in [-0.1, -0.05) is 35.5 Å². The van der Waals surface area contributed by atoms with E-state index in [4.69, 9.17) is 9.26 Å². The highest BCUT2D eigenvalue weighted by molar-refractivity contribution is 5.75. The number of carbonyl (C=O) groups excluding carboxylic acids is 2. The summed E-state index contributed by atoms with van der Waals surface area (Å²) in [6.45, 7) is 4.12. The molecule has 2 heterocycles. The van der Waals surface area contributed by atoms with E-state index in [0.29, 0.717) is 44.3 Å². The smallest absolute Gasteiger partial charge is 0.317 e. The van der Waals surface area contributed by atoms with Crippen molar-refractivity contribution >= 4 is 11.9 Å². The Balaban J connectivity index is 1.49. The molecule has 1 unspecified atom stereocenters. The van der Waals surface area contributed by atoms with E-state index in [0.717, 1.165) is 19.3 Å². The molecule has 1 saturated heterocycles. The Morgan fingerprint density at radius 2 is 2.10 bits per heavy atom. The molecule has 3 rings (SSSR count). The largest absolute Gasteiger partial charge is 0.375 e. The molecule has 1 N–H and O–H groups in total. The molecule has 0 aliphatic carbocycles. The maximum Gasteiger partial charge on any atom is 0.317 e. The van der Waals surface area contributed by atoms with Crippen molar-refractivity contribution in [1.29, 1.82) is 0 Å². The van der Waals surface area contributed by atoms with Crippen LogP contribution in [0.2, 0.25) is 0 Å². The number of aromatic nitrogens is 2. The standard InChI is InChI=1S/C22H31N5O4/c1-17(28)27(14-11-20-24-21(16-30-2)31-25-20)19-9-6-13-26(15-19)22(29)23-12-10-18-7-4-3-5-8-18/h3-5,7-8,19H,6,9-16H2,1-2H3,(H,23,29). The average molecular weight is 430 g/mol. The molecule has 1 aromatic carbocycles. The van der Waals surface area contributed by atoms with Gasteiger partial charge in [-0.25, -0.2) is 4.79 Å². The summed E-state index contributed by atoms with van der Waals surface area (Å²) in [5, 5.41) is 6.94. The molecule has 168 valence electrons. The predicted molar refractivity (Wildman–Crippen MR) is 114 cm³/mol. The molecule has 0 radical (unpaired) electrons. The topological polar surface area (TPSA) is 101 Å². The van der Waals surface area contributed by atoms with Crippen LogP contribution >= 0.6 is 0 Å². The lowest BCUT2D eigenvalue weighted by Crippen LogP contribution is -2.54. The van der Waals surface area contributed by atoms with Crippen molar-refractivity contribution in [3.05, 3.63) is 47.6 Å². The van der Waals surface area contributed by atoms with Crippen molar-refractivity contribution in [2.45, 2.75) is 45.3 Å². The number of urea groups is 1. The van der Waals surface area contributed by atoms with E-state index in [1.165, 1.54) is 5.56 Å². The molecule has 1 aliphatic heterocycles. The summed E-state index contributed by atoms with van der Waals surface area (Å²) in [6.07, 6.45) is 3.01. The van der Waals surface area contributed by atoms with Gasteiger partial charge in [0.15, 0.2) is 5.82 Å². The van der Waals surface area contributed by atoms with Gasteiger partial charge < -0.3 is 24.4 Å². The molecule has 1 atom stereocenters. The molecule has 1 fully saturated rings. The molecule has 2 aromatic rings. The van der Waals surface area contributed by atoms with Gasteiger partial charge in [0.25, 0.3) is 5.89 Å². The Hall–Kier alpha value is -2.94. The van der Waals surface area contributed by atoms with Gasteiger partial charge in [-0.3, -0.25) is 4.79 Å². The van der Waals surface area contributed by atoms with E-state index >= 15 is 0 Å². The number of piperidine rings is 1. The lowest BCUT2D eigenvalue weighted by atomic mass is 10.0. The quantitative estimate of drug-likeness (QED) is 0.655. The van der Waals surface area contributed by atoms with Crippen LogP contribution in [-0.2, 0) is 29.0 Å². The number of amides is 3. The lowest BCUT2D eigenvalue weighted by Gasteiger charge is -2.39. The van der Waals surface area contributed by atoms with Gasteiger partial charge in [0.05, 0.1) is 0 Å². The lowest BCUT2D eigenvalue weighted by molar-refractivity contribution is -0.132. The van der Waals surface area contributed by atoms with E-state index in [1.807, 2.05) is 23.1 Å². The highest BCUT2D eigenvalue weighted by atomic mass is 16.5. The third-order valence-electron chi connectivity index (χ3n) is 5.42. The Morgan fingerprint density at radius 1 is 1.29 bits per heavy atom. The third kappa shape index (κ3) is 6.78. The van der Waals surface area contributed by atoms with Crippen LogP contribution in [-0.4, -0.2) is 71.2 Å². The molecule has 0 saturated carbocycles. The summed E-state index contributed by atoms with van der Waals surface area (Å²) >= 11 is 0. The first-order chi connectivity index (χ1) is 15.1. The number of hydrogen-bond donors (Lipinski definition) is 1. The van der Waals surface area contributed by atoms with Crippen molar-refractivity contribution in [3.8, 4) is 0 Å². The summed E-state index contributed by atoms with van der Waals surface area (Å²) in [5.41, 5.74) is 1.19. The van der Waals surface area contributed by atoms with Gasteiger partial charge in [-0.05, 0) is 24.8 Å². The summed E-state index contributed by atoms with van der Waals surface area (Å²) in [7, 11) is 1.56. The average Bonchev–Trinajstić information content (AvgIpc) is 3.22. The van der Waals surface area contributed by atoms with Crippen molar-refractivity contribution in [2.24, 2.45) is 0 Å². The molecule has 1 aliphatic rings. The molecular formula is C22H31N5O4. The summed E-state index contributed by atoms with van der Waals surface area (Å²) in [5.74, 6) is 0.949. The highest BCUT2D eigenvalue weighted by Crippen LogP contribution is 2.17. The van der Waals surface area contributed by atoms with Crippen LogP contribution in [0.15, 0.2) is 34.9 Å². The minimum absolute atomic E-state index is 0.0167. The number of nitrogens with zero attached hydrogens (tertiary/aromatic N) is 4. The van der Waals surface area contributed by atoms with Crippen LogP contribution in [0.3, 0.4) is 0 Å². The van der Waals surface area contributed by atoms with Gasteiger partial charge in [-0.2, -0.15) is 4.98 Å². The number of methoxy groups -OCH3 is 1. The van der Waals surface area contributed by atoms with Crippen molar-refractivity contribution < 1.29 is 18.8 Å². The molecule has 31 heavy (non-hydrogen) atoms. The highest BCUT2D eigenvalue weighted by Gasteiger charge is 2.29. The Labute approximate surface area is 182 Å². The number of hydrogen-bond acceptors (Lipinski definition) is 6. The zero-order chi connectivity index (χ0) is 22.1. The minimum atomic E-state index is -0.0773. The maximum absolute atomic E-state index is 12.6. The Kier molecular flexibility index (Phi) is 8.40. The van der Waals surface area contributed by atoms with Gasteiger partial charge in [0, 0.05) is 52.7 Å². The van der Waals surface area contributed by atoms with Gasteiger partial charge in [0.1, 0.15) is 6.61 Å². The second kappa shape index (κ2) is 11.5. The first-order valence-electron chi connectivity index (χ1n) is 10.7. The normalized spacial score (nSPS) is 16.2. The molecule has 0 spiro atoms. The fraction of sp³-hybridized carbons (Fsp3) is 0.545. The van der Waals surface area contributed by atoms with Crippen LogP contribution in [0.1, 0.15) is 37.0 Å². The minimum Gasteiger partial charge on any atom is -0.375 e. The van der Waals surface area contributed by atoms with E-state index in [2.05, 4.69) is 27.6 Å². The monoisotopic (exact) mass is 429 g/mol. The van der Waals surface area contributed by atoms with E-state index in [-0.39, 0.29) is 24.6 Å². The summed E-state index contributed by atoms with van der Waals surface area (Å²) in [6, 6.07) is 9.98. The molecule has 3 amide bonds. The fourth-order valence-corrected chi connectivity index (χ4v) is 3.86. The van der Waals surface area contributed by atoms with Crippen LogP contribution in [0, 0.1) is 0 Å². The summed E-state index contributed by atoms with van der Waals surface area (Å²) < 4.78 is 10.1. The summed E-state index contributed by atoms with van der Waals surface area (Å²) in [4.78, 5) is 32.8. The second-order valence-corrected chi connectivity index (χ2v) is 7.71. The number of carbonyl (C=O) groups is 2. The van der Waals surface area contributed by atoms with Crippen LogP contribution in [0.25, 0.3) is 0 Å². The van der Waals surface area contributed by atoms with Crippen molar-refractivity contribution in [1.82, 2.24) is 25.3 Å². The molecule has 9 heteroatoms. The molecule has 9 nitrogen and oxygen atoms in total. The number of benzene rings is 1. The van der Waals surface area contributed by atoms with E-state index in [9.17, 15) is 9.59 Å². The van der Waals surface area contributed by atoms with Crippen LogP contribution in [0.4, 0.5) is 4.79 Å². The van der Waals surface area contributed by atoms with Gasteiger partial charge in [0.2, 0.25) is 5.91 Å². The first-order valence-corrected chi connectivity index (χ1v) is 10.7. The maximum atomic E-state index is 12.6. The number of likely N-dealkylation sites (tertiary alicyclic amines) is 1. The van der Waals surface area contributed by atoms with Gasteiger partial charge >= 0.3 is 6.03 Å². The SMILES string of the molecule is COCc1nc(CCN(C(C)=O)C2CCCN(C(=O)NCCc3ccccc3)C2)no1. The van der Waals surface area contributed by atoms with Crippen molar-refractivity contribution in [3.63, 3.8) is 0 Å². The first kappa shape index (κ1) is 22.7. The zero-order valence-corrected chi connectivity index (χ0v) is 18.2. The van der Waals surface area contributed by atoms with Crippen LogP contribution < -0.4 is 5.32 Å². The molecule has 0 bridgehead atoms. The Morgan fingerprint density at radius 3 is 2.84 bits per heavy atom. The number of rotatable bonds is 9. The van der Waals surface area contributed by atoms with Gasteiger partial charge in [-0.15, -0.1) is 0 Å². The molecule has 1 aromatic heterocycles. The van der Waals surface area contributed by atoms with Crippen LogP contribution in [0.5, 0.6) is 0 Å². The van der Waals surface area contributed by atoms with Crippen molar-refractivity contribution in [2.75, 3.05) is 33.3 Å². The predicted octanol–water partition coefficient (Wildman–Crippen LogP) is 2.02. The number of nitrogens with one attached hydrogen (secondary N) is 1. The zero-order valence-electron chi connectivity index (χ0n) is 18.2. The third-order valence-corrected chi connectivity index (χ3v) is 5.42. The molecular weight excluding hydrogens is 398 g/mol. The Bertz CT molecular complexity index is 841. The van der Waals surface area contributed by atoms with E-state index in [1.54, 1.807) is 18.9 Å².